The molecule has 0 heterocycles. The molecule has 0 saturated heterocycles. The molecule has 2 aromatic rings. The molecule has 0 radical (unpaired) electrons. The zero-order valence-corrected chi connectivity index (χ0v) is 19.5. The van der Waals surface area contributed by atoms with Crippen molar-refractivity contribution in [2.75, 3.05) is 26.5 Å². The lowest BCUT2D eigenvalue weighted by Gasteiger charge is -2.29. The van der Waals surface area contributed by atoms with E-state index in [9.17, 15) is 9.59 Å². The minimum Gasteiger partial charge on any atom is -0.497 e. The predicted octanol–water partition coefficient (Wildman–Crippen LogP) is 3.88. The molecule has 0 aliphatic carbocycles. The number of hydrogen-bond acceptors (Lipinski definition) is 5. The third-order valence-corrected chi connectivity index (χ3v) is 5.85. The Kier molecular flexibility index (Phi) is 10.2. The number of nitrogens with zero attached hydrogens (tertiary/aromatic N) is 1. The van der Waals surface area contributed by atoms with Gasteiger partial charge in [0.2, 0.25) is 11.8 Å². The average Bonchev–Trinajstić information content (AvgIpc) is 2.81. The van der Waals surface area contributed by atoms with Gasteiger partial charge in [-0.3, -0.25) is 9.59 Å². The van der Waals surface area contributed by atoms with Gasteiger partial charge in [-0.2, -0.15) is 0 Å². The molecule has 168 valence electrons. The third kappa shape index (κ3) is 7.83. The van der Waals surface area contributed by atoms with Crippen molar-refractivity contribution in [1.29, 1.82) is 0 Å². The molecule has 1 N–H and O–H groups in total. The van der Waals surface area contributed by atoms with E-state index in [1.165, 1.54) is 11.8 Å². The van der Waals surface area contributed by atoms with Gasteiger partial charge >= 0.3 is 0 Å². The van der Waals surface area contributed by atoms with Crippen molar-refractivity contribution in [2.24, 2.45) is 0 Å². The molecule has 0 bridgehead atoms. The summed E-state index contributed by atoms with van der Waals surface area (Å²) in [6.45, 7) is 4.72. The van der Waals surface area contributed by atoms with E-state index < -0.39 is 6.04 Å². The molecular weight excluding hydrogens is 412 g/mol. The van der Waals surface area contributed by atoms with Crippen molar-refractivity contribution in [1.82, 2.24) is 10.2 Å². The number of nitrogens with one attached hydrogen (secondary N) is 1. The Balaban J connectivity index is 2.05. The highest BCUT2D eigenvalue weighted by Gasteiger charge is 2.25. The number of methoxy groups -OCH3 is 2. The van der Waals surface area contributed by atoms with Gasteiger partial charge < -0.3 is 19.7 Å². The summed E-state index contributed by atoms with van der Waals surface area (Å²) < 4.78 is 10.5. The van der Waals surface area contributed by atoms with Crippen LogP contribution in [-0.4, -0.2) is 49.3 Å². The molecule has 0 aromatic heterocycles. The highest BCUT2D eigenvalue weighted by atomic mass is 32.2. The molecule has 0 aliphatic heterocycles. The van der Waals surface area contributed by atoms with E-state index in [-0.39, 0.29) is 11.8 Å². The average molecular weight is 445 g/mol. The Bertz CT molecular complexity index is 842. The van der Waals surface area contributed by atoms with E-state index in [0.29, 0.717) is 24.6 Å². The van der Waals surface area contributed by atoms with Crippen LogP contribution in [0.4, 0.5) is 0 Å². The minimum absolute atomic E-state index is 0.0690. The Labute approximate surface area is 189 Å². The number of ether oxygens (including phenoxy) is 2. The lowest BCUT2D eigenvalue weighted by atomic mass is 10.1. The monoisotopic (exact) mass is 444 g/mol. The molecule has 2 rings (SSSR count). The van der Waals surface area contributed by atoms with Gasteiger partial charge in [0.15, 0.2) is 0 Å². The van der Waals surface area contributed by atoms with Crippen molar-refractivity contribution < 1.29 is 19.1 Å². The van der Waals surface area contributed by atoms with Crippen LogP contribution in [0.25, 0.3) is 0 Å². The minimum atomic E-state index is -0.563. The van der Waals surface area contributed by atoms with E-state index in [1.807, 2.05) is 55.5 Å². The number of thioether (sulfide) groups is 1. The Morgan fingerprint density at radius 3 is 2.39 bits per heavy atom. The Morgan fingerprint density at radius 1 is 1.03 bits per heavy atom. The number of amides is 2. The molecule has 0 unspecified atom stereocenters. The zero-order valence-electron chi connectivity index (χ0n) is 18.7. The van der Waals surface area contributed by atoms with Gasteiger partial charge in [-0.05, 0) is 48.7 Å². The summed E-state index contributed by atoms with van der Waals surface area (Å²) in [5, 5.41) is 2.89. The smallest absolute Gasteiger partial charge is 0.242 e. The number of benzene rings is 2. The van der Waals surface area contributed by atoms with Crippen LogP contribution in [0.15, 0.2) is 48.5 Å². The van der Waals surface area contributed by atoms with Gasteiger partial charge in [0.25, 0.3) is 0 Å². The van der Waals surface area contributed by atoms with Crippen LogP contribution in [0.3, 0.4) is 0 Å². The largest absolute Gasteiger partial charge is 0.497 e. The predicted molar refractivity (Wildman–Crippen MR) is 125 cm³/mol. The second kappa shape index (κ2) is 12.9. The zero-order chi connectivity index (χ0) is 22.6. The second-order valence-electron chi connectivity index (χ2n) is 7.18. The summed E-state index contributed by atoms with van der Waals surface area (Å²) in [4.78, 5) is 27.3. The van der Waals surface area contributed by atoms with Crippen LogP contribution in [0.2, 0.25) is 0 Å². The number of carbonyl (C=O) groups is 2. The number of carbonyl (C=O) groups excluding carboxylic acids is 2. The summed E-state index contributed by atoms with van der Waals surface area (Å²) >= 11 is 1.53. The lowest BCUT2D eigenvalue weighted by molar-refractivity contribution is -0.138. The van der Waals surface area contributed by atoms with Crippen LogP contribution in [0.5, 0.6) is 11.5 Å². The van der Waals surface area contributed by atoms with Gasteiger partial charge in [-0.15, -0.1) is 11.8 Å². The highest BCUT2D eigenvalue weighted by Crippen LogP contribution is 2.20. The lowest BCUT2D eigenvalue weighted by Crippen LogP contribution is -2.48. The van der Waals surface area contributed by atoms with E-state index in [1.54, 1.807) is 26.0 Å². The molecule has 0 aliphatic rings. The summed E-state index contributed by atoms with van der Waals surface area (Å²) in [6.07, 6.45) is 0.847. The first kappa shape index (κ1) is 24.6. The van der Waals surface area contributed by atoms with Crippen molar-refractivity contribution in [3.8, 4) is 11.5 Å². The van der Waals surface area contributed by atoms with Gasteiger partial charge in [0.1, 0.15) is 17.5 Å². The fourth-order valence-corrected chi connectivity index (χ4v) is 3.88. The molecule has 31 heavy (non-hydrogen) atoms. The number of hydrogen-bond donors (Lipinski definition) is 1. The molecule has 7 heteroatoms. The van der Waals surface area contributed by atoms with Crippen LogP contribution >= 0.6 is 11.8 Å². The normalized spacial score (nSPS) is 11.5. The first-order valence-corrected chi connectivity index (χ1v) is 11.5. The summed E-state index contributed by atoms with van der Waals surface area (Å²) in [6, 6.07) is 14.8. The van der Waals surface area contributed by atoms with Gasteiger partial charge in [-0.25, -0.2) is 0 Å². The van der Waals surface area contributed by atoms with Crippen LogP contribution in [0.1, 0.15) is 31.4 Å². The van der Waals surface area contributed by atoms with Gasteiger partial charge in [-0.1, -0.05) is 31.2 Å². The fourth-order valence-electron chi connectivity index (χ4n) is 3.01. The van der Waals surface area contributed by atoms with E-state index in [2.05, 4.69) is 5.32 Å². The van der Waals surface area contributed by atoms with E-state index in [0.717, 1.165) is 29.0 Å². The van der Waals surface area contributed by atoms with E-state index >= 15 is 0 Å². The maximum Gasteiger partial charge on any atom is 0.242 e. The molecule has 1 atom stereocenters. The molecule has 2 amide bonds. The maximum atomic E-state index is 13.1. The maximum absolute atomic E-state index is 13.1. The van der Waals surface area contributed by atoms with E-state index in [4.69, 9.17) is 9.47 Å². The highest BCUT2D eigenvalue weighted by molar-refractivity contribution is 7.99. The molecule has 0 spiro atoms. The van der Waals surface area contributed by atoms with Crippen molar-refractivity contribution in [2.45, 2.75) is 38.6 Å². The van der Waals surface area contributed by atoms with Crippen molar-refractivity contribution in [3.05, 3.63) is 59.7 Å². The first-order valence-electron chi connectivity index (χ1n) is 10.4. The molecule has 6 nitrogen and oxygen atoms in total. The third-order valence-electron chi connectivity index (χ3n) is 4.86. The fraction of sp³-hybridized carbons (Fsp3) is 0.417. The van der Waals surface area contributed by atoms with Crippen LogP contribution in [0, 0.1) is 0 Å². The van der Waals surface area contributed by atoms with Crippen molar-refractivity contribution >= 4 is 23.6 Å². The SMILES string of the molecule is CCCNC(=O)[C@H](C)N(Cc1cccc(OC)c1)C(=O)CSCc1ccc(OC)cc1. The summed E-state index contributed by atoms with van der Waals surface area (Å²) in [5.41, 5.74) is 2.04. The van der Waals surface area contributed by atoms with Crippen LogP contribution < -0.4 is 14.8 Å². The topological polar surface area (TPSA) is 67.9 Å². The second-order valence-corrected chi connectivity index (χ2v) is 8.17. The molecular formula is C24H32N2O4S. The first-order chi connectivity index (χ1) is 15.0. The van der Waals surface area contributed by atoms with Crippen LogP contribution in [-0.2, 0) is 21.9 Å². The summed E-state index contributed by atoms with van der Waals surface area (Å²) in [5.74, 6) is 2.32. The Morgan fingerprint density at radius 2 is 1.74 bits per heavy atom. The molecule has 0 fully saturated rings. The summed E-state index contributed by atoms with van der Waals surface area (Å²) in [7, 11) is 3.25. The van der Waals surface area contributed by atoms with Crippen molar-refractivity contribution in [3.63, 3.8) is 0 Å². The Hall–Kier alpha value is -2.67. The van der Waals surface area contributed by atoms with Gasteiger partial charge in [0.05, 0.1) is 20.0 Å². The quantitative estimate of drug-likeness (QED) is 0.538. The van der Waals surface area contributed by atoms with Gasteiger partial charge in [0, 0.05) is 18.8 Å². The molecule has 2 aromatic carbocycles. The molecule has 0 saturated carbocycles. The number of rotatable bonds is 12. The standard InChI is InChI=1S/C24H32N2O4S/c1-5-13-25-24(28)18(2)26(15-20-7-6-8-22(14-20)30-4)23(27)17-31-16-19-9-11-21(29-3)12-10-19/h6-12,14,18H,5,13,15-17H2,1-4H3,(H,25,28)/t18-/m0/s1.